The van der Waals surface area contributed by atoms with Gasteiger partial charge < -0.3 is 15.6 Å². The van der Waals surface area contributed by atoms with Crippen LogP contribution in [0.25, 0.3) is 0 Å². The van der Waals surface area contributed by atoms with Gasteiger partial charge in [0, 0.05) is 18.0 Å². The summed E-state index contributed by atoms with van der Waals surface area (Å²) in [7, 11) is 0. The summed E-state index contributed by atoms with van der Waals surface area (Å²) in [5.41, 5.74) is 6.01. The molecule has 0 amide bonds. The van der Waals surface area contributed by atoms with E-state index in [4.69, 9.17) is 15.6 Å². The van der Waals surface area contributed by atoms with Crippen LogP contribution in [0.2, 0.25) is 0 Å². The van der Waals surface area contributed by atoms with Gasteiger partial charge in [-0.1, -0.05) is 0 Å². The maximum Gasteiger partial charge on any atom is 0.339 e. The Hall–Kier alpha value is -1.33. The first-order chi connectivity index (χ1) is 7.09. The third-order valence-electron chi connectivity index (χ3n) is 2.39. The minimum absolute atomic E-state index is 0. The van der Waals surface area contributed by atoms with E-state index >= 15 is 0 Å². The first-order valence-electron chi connectivity index (χ1n) is 4.54. The minimum atomic E-state index is -1.21. The van der Waals surface area contributed by atoms with Crippen LogP contribution in [0, 0.1) is 5.82 Å². The lowest BCUT2D eigenvalue weighted by molar-refractivity contribution is 0.0690. The molecule has 1 atom stereocenters. The number of carboxylic acid groups (broad SMARTS) is 1. The fourth-order valence-electron chi connectivity index (χ4n) is 1.65. The summed E-state index contributed by atoms with van der Waals surface area (Å²) in [5, 5.41) is 8.86. The quantitative estimate of drug-likeness (QED) is 0.793. The average molecular weight is 248 g/mol. The minimum Gasteiger partial charge on any atom is -0.492 e. The monoisotopic (exact) mass is 247 g/mol. The molecule has 0 unspecified atom stereocenters. The van der Waals surface area contributed by atoms with Crippen LogP contribution in [0.4, 0.5) is 4.39 Å². The van der Waals surface area contributed by atoms with E-state index in [0.29, 0.717) is 18.6 Å². The summed E-state index contributed by atoms with van der Waals surface area (Å²) in [4.78, 5) is 10.8. The predicted molar refractivity (Wildman–Crippen MR) is 57.6 cm³/mol. The molecule has 16 heavy (non-hydrogen) atoms. The number of fused-ring (bicyclic) bond motifs is 1. The van der Waals surface area contributed by atoms with Crippen molar-refractivity contribution in [2.24, 2.45) is 5.73 Å². The molecule has 0 radical (unpaired) electrons. The average Bonchev–Trinajstić information content (AvgIpc) is 2.18. The van der Waals surface area contributed by atoms with Crippen molar-refractivity contribution < 1.29 is 19.0 Å². The van der Waals surface area contributed by atoms with Crippen LogP contribution in [0.5, 0.6) is 5.75 Å². The number of hydrogen-bond acceptors (Lipinski definition) is 3. The van der Waals surface area contributed by atoms with Gasteiger partial charge in [0.25, 0.3) is 0 Å². The largest absolute Gasteiger partial charge is 0.492 e. The number of hydrogen-bond donors (Lipinski definition) is 2. The van der Waals surface area contributed by atoms with Crippen LogP contribution in [-0.2, 0) is 0 Å². The Morgan fingerprint density at radius 3 is 2.88 bits per heavy atom. The molecule has 1 aliphatic rings. The van der Waals surface area contributed by atoms with E-state index in [2.05, 4.69) is 0 Å². The highest BCUT2D eigenvalue weighted by Gasteiger charge is 2.25. The van der Waals surface area contributed by atoms with Gasteiger partial charge in [0.2, 0.25) is 0 Å². The highest BCUT2D eigenvalue weighted by molar-refractivity contribution is 5.91. The number of carbonyl (C=O) groups is 1. The van der Waals surface area contributed by atoms with Gasteiger partial charge in [0.05, 0.1) is 6.61 Å². The summed E-state index contributed by atoms with van der Waals surface area (Å²) >= 11 is 0. The van der Waals surface area contributed by atoms with Gasteiger partial charge in [0.15, 0.2) is 0 Å². The fourth-order valence-corrected chi connectivity index (χ4v) is 1.65. The molecule has 0 fully saturated rings. The molecule has 0 bridgehead atoms. The topological polar surface area (TPSA) is 72.5 Å². The Kier molecular flexibility index (Phi) is 3.72. The molecule has 0 aliphatic carbocycles. The van der Waals surface area contributed by atoms with Crippen molar-refractivity contribution in [2.75, 3.05) is 6.61 Å². The van der Waals surface area contributed by atoms with Crippen LogP contribution < -0.4 is 10.5 Å². The van der Waals surface area contributed by atoms with E-state index < -0.39 is 11.8 Å². The Balaban J connectivity index is 0.00000128. The van der Waals surface area contributed by atoms with Gasteiger partial charge in [-0.25, -0.2) is 9.18 Å². The first-order valence-corrected chi connectivity index (χ1v) is 4.54. The van der Waals surface area contributed by atoms with Crippen molar-refractivity contribution in [3.63, 3.8) is 0 Å². The Morgan fingerprint density at radius 2 is 2.25 bits per heavy atom. The van der Waals surface area contributed by atoms with E-state index in [0.717, 1.165) is 6.07 Å². The third-order valence-corrected chi connectivity index (χ3v) is 2.39. The van der Waals surface area contributed by atoms with Gasteiger partial charge in [-0.05, 0) is 12.1 Å². The molecule has 0 saturated carbocycles. The van der Waals surface area contributed by atoms with Gasteiger partial charge in [-0.3, -0.25) is 0 Å². The molecule has 4 nitrogen and oxygen atoms in total. The van der Waals surface area contributed by atoms with Gasteiger partial charge in [-0.2, -0.15) is 0 Å². The predicted octanol–water partition coefficient (Wildman–Crippen LogP) is 1.73. The van der Waals surface area contributed by atoms with Crippen LogP contribution in [-0.4, -0.2) is 17.7 Å². The molecule has 2 rings (SSSR count). The number of aromatic carboxylic acids is 1. The van der Waals surface area contributed by atoms with Gasteiger partial charge >= 0.3 is 5.97 Å². The van der Waals surface area contributed by atoms with Crippen LogP contribution >= 0.6 is 12.4 Å². The summed E-state index contributed by atoms with van der Waals surface area (Å²) < 4.78 is 18.3. The number of ether oxygens (including phenoxy) is 1. The third kappa shape index (κ3) is 2.10. The molecule has 6 heteroatoms. The second-order valence-electron chi connectivity index (χ2n) is 3.42. The van der Waals surface area contributed by atoms with E-state index in [1.54, 1.807) is 0 Å². The van der Waals surface area contributed by atoms with Crippen molar-refractivity contribution in [2.45, 2.75) is 12.5 Å². The maximum absolute atomic E-state index is 13.1. The molecule has 0 saturated heterocycles. The summed E-state index contributed by atoms with van der Waals surface area (Å²) in [5.74, 6) is -1.62. The molecular weight excluding hydrogens is 237 g/mol. The number of rotatable bonds is 1. The van der Waals surface area contributed by atoms with Crippen molar-refractivity contribution in [1.82, 2.24) is 0 Å². The molecule has 1 aliphatic heterocycles. The van der Waals surface area contributed by atoms with E-state index in [9.17, 15) is 9.18 Å². The van der Waals surface area contributed by atoms with Gasteiger partial charge in [0.1, 0.15) is 17.1 Å². The lowest BCUT2D eigenvalue weighted by Gasteiger charge is -2.24. The molecule has 1 aromatic carbocycles. The van der Waals surface area contributed by atoms with Crippen molar-refractivity contribution in [3.05, 3.63) is 29.1 Å². The summed E-state index contributed by atoms with van der Waals surface area (Å²) in [6.07, 6.45) is 0.565. The zero-order valence-electron chi connectivity index (χ0n) is 8.27. The van der Waals surface area contributed by atoms with E-state index in [1.165, 1.54) is 6.07 Å². The summed E-state index contributed by atoms with van der Waals surface area (Å²) in [6.45, 7) is 0.361. The highest BCUT2D eigenvalue weighted by atomic mass is 35.5. The highest BCUT2D eigenvalue weighted by Crippen LogP contribution is 2.34. The molecule has 1 aromatic rings. The van der Waals surface area contributed by atoms with E-state index in [1.807, 2.05) is 0 Å². The van der Waals surface area contributed by atoms with Crippen molar-refractivity contribution in [1.29, 1.82) is 0 Å². The van der Waals surface area contributed by atoms with Gasteiger partial charge in [-0.15, -0.1) is 12.4 Å². The Labute approximate surface area is 97.6 Å². The van der Waals surface area contributed by atoms with Crippen molar-refractivity contribution in [3.8, 4) is 5.75 Å². The molecule has 3 N–H and O–H groups in total. The zero-order valence-corrected chi connectivity index (χ0v) is 9.09. The first kappa shape index (κ1) is 12.7. The number of benzene rings is 1. The maximum atomic E-state index is 13.1. The second kappa shape index (κ2) is 4.67. The summed E-state index contributed by atoms with van der Waals surface area (Å²) in [6, 6.07) is 1.81. The molecular formula is C10H11ClFNO3. The van der Waals surface area contributed by atoms with Crippen LogP contribution in [0.1, 0.15) is 28.4 Å². The number of nitrogens with two attached hydrogens (primary N) is 1. The molecule has 88 valence electrons. The van der Waals surface area contributed by atoms with Crippen LogP contribution in [0.15, 0.2) is 12.1 Å². The standard InChI is InChI=1S/C10H10FNO3.ClH/c11-5-3-6-8(12)1-2-15-9(6)7(4-5)10(13)14;/h3-4,8H,1-2,12H2,(H,13,14);1H/t8-;/m0./s1. The SMILES string of the molecule is Cl.N[C@H]1CCOc2c(C(=O)O)cc(F)cc21. The zero-order chi connectivity index (χ0) is 11.0. The number of halogens is 2. The number of carboxylic acids is 1. The smallest absolute Gasteiger partial charge is 0.339 e. The van der Waals surface area contributed by atoms with E-state index in [-0.39, 0.29) is 29.8 Å². The second-order valence-corrected chi connectivity index (χ2v) is 3.42. The molecule has 0 spiro atoms. The van der Waals surface area contributed by atoms with Crippen molar-refractivity contribution >= 4 is 18.4 Å². The Morgan fingerprint density at radius 1 is 1.56 bits per heavy atom. The normalized spacial score (nSPS) is 18.0. The molecule has 1 heterocycles. The Bertz CT molecular complexity index is 425. The lowest BCUT2D eigenvalue weighted by atomic mass is 9.98. The molecule has 0 aromatic heterocycles. The van der Waals surface area contributed by atoms with Crippen LogP contribution in [0.3, 0.4) is 0 Å². The lowest BCUT2D eigenvalue weighted by Crippen LogP contribution is -2.22. The fraction of sp³-hybridized carbons (Fsp3) is 0.300.